The largest absolute Gasteiger partial charge is 0.491 e. The summed E-state index contributed by atoms with van der Waals surface area (Å²) in [4.78, 5) is 3.24. The Morgan fingerprint density at radius 2 is 1.89 bits per heavy atom. The second kappa shape index (κ2) is 5.04. The smallest absolute Gasteiger partial charge is 0.433 e. The summed E-state index contributed by atoms with van der Waals surface area (Å²) >= 11 is 0. The summed E-state index contributed by atoms with van der Waals surface area (Å²) in [5.74, 6) is 0.0292. The van der Waals surface area contributed by atoms with Gasteiger partial charge in [0.25, 0.3) is 0 Å². The van der Waals surface area contributed by atoms with Crippen LogP contribution in [0, 0.1) is 5.41 Å². The second-order valence-corrected chi connectivity index (χ2v) is 5.26. The highest BCUT2D eigenvalue weighted by molar-refractivity contribution is 5.51. The molecule has 1 rings (SSSR count). The van der Waals surface area contributed by atoms with Gasteiger partial charge in [0, 0.05) is 6.07 Å². The van der Waals surface area contributed by atoms with E-state index in [4.69, 9.17) is 10.5 Å². The van der Waals surface area contributed by atoms with Gasteiger partial charge in [-0.25, -0.2) is 4.98 Å². The van der Waals surface area contributed by atoms with Gasteiger partial charge in [0.2, 0.25) is 0 Å². The maximum Gasteiger partial charge on any atom is 0.433 e. The van der Waals surface area contributed by atoms with Crippen molar-refractivity contribution in [3.8, 4) is 5.75 Å². The minimum atomic E-state index is -4.49. The predicted octanol–water partition coefficient (Wildman–Crippen LogP) is 3.50. The Labute approximate surface area is 104 Å². The van der Waals surface area contributed by atoms with E-state index in [1.807, 2.05) is 20.8 Å². The molecule has 0 spiro atoms. The van der Waals surface area contributed by atoms with Crippen molar-refractivity contribution >= 4 is 5.69 Å². The van der Waals surface area contributed by atoms with E-state index >= 15 is 0 Å². The number of aromatic nitrogens is 1. The Hall–Kier alpha value is -1.46. The number of anilines is 1. The van der Waals surface area contributed by atoms with Gasteiger partial charge in [-0.05, 0) is 11.8 Å². The first-order valence-corrected chi connectivity index (χ1v) is 5.55. The summed E-state index contributed by atoms with van der Waals surface area (Å²) in [6.07, 6.45) is -2.80. The number of alkyl halides is 3. The summed E-state index contributed by atoms with van der Waals surface area (Å²) in [6.45, 7) is 6.38. The molecule has 0 aliphatic rings. The van der Waals surface area contributed by atoms with Gasteiger partial charge >= 0.3 is 6.18 Å². The van der Waals surface area contributed by atoms with E-state index in [0.29, 0.717) is 6.61 Å². The molecule has 0 amide bonds. The summed E-state index contributed by atoms with van der Waals surface area (Å²) in [6, 6.07) is 0.831. The fraction of sp³-hybridized carbons (Fsp3) is 0.583. The van der Waals surface area contributed by atoms with Crippen molar-refractivity contribution in [2.45, 2.75) is 33.4 Å². The van der Waals surface area contributed by atoms with Gasteiger partial charge in [-0.2, -0.15) is 13.2 Å². The van der Waals surface area contributed by atoms with Crippen LogP contribution >= 0.6 is 0 Å². The van der Waals surface area contributed by atoms with E-state index < -0.39 is 11.9 Å². The fourth-order valence-corrected chi connectivity index (χ4v) is 1.19. The Morgan fingerprint density at radius 1 is 1.28 bits per heavy atom. The van der Waals surface area contributed by atoms with Gasteiger partial charge < -0.3 is 10.5 Å². The van der Waals surface area contributed by atoms with Crippen LogP contribution in [-0.4, -0.2) is 11.6 Å². The molecule has 0 aromatic carbocycles. The van der Waals surface area contributed by atoms with Crippen LogP contribution < -0.4 is 10.5 Å². The molecule has 2 N–H and O–H groups in total. The van der Waals surface area contributed by atoms with E-state index in [0.717, 1.165) is 18.7 Å². The van der Waals surface area contributed by atoms with Gasteiger partial charge in [0.15, 0.2) is 0 Å². The molecule has 102 valence electrons. The highest BCUT2D eigenvalue weighted by Gasteiger charge is 2.33. The first kappa shape index (κ1) is 14.6. The summed E-state index contributed by atoms with van der Waals surface area (Å²) < 4.78 is 42.6. The molecule has 0 aliphatic heterocycles. The van der Waals surface area contributed by atoms with Crippen molar-refractivity contribution in [3.05, 3.63) is 18.0 Å². The van der Waals surface area contributed by atoms with Gasteiger partial charge in [-0.15, -0.1) is 0 Å². The first-order chi connectivity index (χ1) is 8.09. The maximum absolute atomic E-state index is 12.5. The first-order valence-electron chi connectivity index (χ1n) is 5.55. The van der Waals surface area contributed by atoms with Crippen molar-refractivity contribution in [1.82, 2.24) is 4.98 Å². The molecule has 0 aliphatic carbocycles. The predicted molar refractivity (Wildman–Crippen MR) is 63.2 cm³/mol. The Balaban J connectivity index is 2.76. The van der Waals surface area contributed by atoms with Crippen molar-refractivity contribution in [1.29, 1.82) is 0 Å². The van der Waals surface area contributed by atoms with E-state index in [9.17, 15) is 13.2 Å². The third kappa shape index (κ3) is 4.43. The van der Waals surface area contributed by atoms with Crippen LogP contribution in [0.5, 0.6) is 5.75 Å². The summed E-state index contributed by atoms with van der Waals surface area (Å²) in [5.41, 5.74) is 4.69. The number of nitrogen functional groups attached to an aromatic ring is 1. The zero-order valence-electron chi connectivity index (χ0n) is 10.6. The van der Waals surface area contributed by atoms with Crippen molar-refractivity contribution < 1.29 is 17.9 Å². The average Bonchev–Trinajstić information content (AvgIpc) is 2.17. The third-order valence-corrected chi connectivity index (χ3v) is 2.30. The number of nitrogens with two attached hydrogens (primary N) is 1. The molecule has 0 atom stereocenters. The minimum Gasteiger partial charge on any atom is -0.491 e. The lowest BCUT2D eigenvalue weighted by molar-refractivity contribution is -0.141. The van der Waals surface area contributed by atoms with Crippen LogP contribution in [0.15, 0.2) is 12.3 Å². The van der Waals surface area contributed by atoms with Gasteiger partial charge in [0.05, 0.1) is 18.5 Å². The molecule has 0 bridgehead atoms. The molecule has 0 radical (unpaired) electrons. The zero-order chi connectivity index (χ0) is 14.0. The monoisotopic (exact) mass is 262 g/mol. The molecule has 18 heavy (non-hydrogen) atoms. The number of hydrogen-bond acceptors (Lipinski definition) is 3. The van der Waals surface area contributed by atoms with Crippen LogP contribution in [0.3, 0.4) is 0 Å². The molecule has 0 unspecified atom stereocenters. The van der Waals surface area contributed by atoms with E-state index in [1.165, 1.54) is 0 Å². The lowest BCUT2D eigenvalue weighted by Gasteiger charge is -2.19. The summed E-state index contributed by atoms with van der Waals surface area (Å²) in [7, 11) is 0. The Bertz CT molecular complexity index is 411. The van der Waals surface area contributed by atoms with Crippen molar-refractivity contribution in [2.75, 3.05) is 12.3 Å². The fourth-order valence-electron chi connectivity index (χ4n) is 1.19. The number of rotatable bonds is 3. The maximum atomic E-state index is 12.5. The lowest BCUT2D eigenvalue weighted by Crippen LogP contribution is -2.13. The number of pyridine rings is 1. The second-order valence-electron chi connectivity index (χ2n) is 5.26. The normalized spacial score (nSPS) is 12.6. The zero-order valence-corrected chi connectivity index (χ0v) is 10.6. The van der Waals surface area contributed by atoms with Gasteiger partial charge in [-0.3, -0.25) is 0 Å². The van der Waals surface area contributed by atoms with Crippen molar-refractivity contribution in [2.24, 2.45) is 5.41 Å². The van der Waals surface area contributed by atoms with E-state index in [2.05, 4.69) is 4.98 Å². The molecule has 1 aromatic heterocycles. The standard InChI is InChI=1S/C12H17F3N2O/c1-11(2,3)4-5-18-9-6-10(12(13,14)15)17-7-8(9)16/h6-7H,4-5,16H2,1-3H3. The highest BCUT2D eigenvalue weighted by atomic mass is 19.4. The number of hydrogen-bond donors (Lipinski definition) is 1. The van der Waals surface area contributed by atoms with E-state index in [1.54, 1.807) is 0 Å². The quantitative estimate of drug-likeness (QED) is 0.907. The molecule has 3 nitrogen and oxygen atoms in total. The average molecular weight is 262 g/mol. The Morgan fingerprint density at radius 3 is 2.39 bits per heavy atom. The van der Waals surface area contributed by atoms with Crippen LogP contribution in [0.4, 0.5) is 18.9 Å². The lowest BCUT2D eigenvalue weighted by atomic mass is 9.93. The van der Waals surface area contributed by atoms with Gasteiger partial charge in [0.1, 0.15) is 11.4 Å². The van der Waals surface area contributed by atoms with Gasteiger partial charge in [-0.1, -0.05) is 20.8 Å². The molecule has 0 fully saturated rings. The number of ether oxygens (including phenoxy) is 1. The molecular weight excluding hydrogens is 245 g/mol. The molecular formula is C12H17F3N2O. The SMILES string of the molecule is CC(C)(C)CCOc1cc(C(F)(F)F)ncc1N. The van der Waals surface area contributed by atoms with Crippen LogP contribution in [0.1, 0.15) is 32.9 Å². The van der Waals surface area contributed by atoms with Crippen LogP contribution in [0.2, 0.25) is 0 Å². The molecule has 6 heteroatoms. The Kier molecular flexibility index (Phi) is 4.09. The molecule has 0 saturated carbocycles. The van der Waals surface area contributed by atoms with Crippen LogP contribution in [0.25, 0.3) is 0 Å². The molecule has 1 heterocycles. The molecule has 0 saturated heterocycles. The number of halogens is 3. The highest BCUT2D eigenvalue weighted by Crippen LogP contribution is 2.32. The number of nitrogens with zero attached hydrogens (tertiary/aromatic N) is 1. The minimum absolute atomic E-state index is 0.0292. The van der Waals surface area contributed by atoms with E-state index in [-0.39, 0.29) is 16.9 Å². The van der Waals surface area contributed by atoms with Crippen LogP contribution in [-0.2, 0) is 6.18 Å². The third-order valence-electron chi connectivity index (χ3n) is 2.30. The topological polar surface area (TPSA) is 48.1 Å². The summed E-state index contributed by atoms with van der Waals surface area (Å²) in [5, 5.41) is 0. The van der Waals surface area contributed by atoms with Crippen molar-refractivity contribution in [3.63, 3.8) is 0 Å². The molecule has 1 aromatic rings.